The lowest BCUT2D eigenvalue weighted by atomic mass is 10.0. The van der Waals surface area contributed by atoms with Crippen LogP contribution in [0.3, 0.4) is 0 Å². The molecule has 54 heavy (non-hydrogen) atoms. The molecular weight excluding hydrogens is 665 g/mol. The molecule has 4 heteroatoms. The number of carboxylic acids is 1. The molecule has 0 aromatic heterocycles. The minimum Gasteiger partial charge on any atom is -0.478 e. The number of carbonyl (C=O) groups is 2. The number of hydrogen-bond donors (Lipinski definition) is 1. The molecule has 0 unspecified atom stereocenters. The highest BCUT2D eigenvalue weighted by Crippen LogP contribution is 2.17. The van der Waals surface area contributed by atoms with Crippen molar-refractivity contribution in [3.63, 3.8) is 0 Å². The second-order valence-corrected chi connectivity index (χ2v) is 16.6. The van der Waals surface area contributed by atoms with Crippen LogP contribution in [0.15, 0.2) is 24.3 Å². The lowest BCUT2D eigenvalue weighted by Gasteiger charge is -2.06. The quantitative estimate of drug-likeness (QED) is 0.0291. The van der Waals surface area contributed by atoms with Crippen molar-refractivity contribution in [2.45, 2.75) is 277 Å². The fourth-order valence-electron chi connectivity index (χ4n) is 7.57. The number of esters is 1. The van der Waals surface area contributed by atoms with Crippen molar-refractivity contribution < 1.29 is 19.4 Å². The Labute approximate surface area is 337 Å². The van der Waals surface area contributed by atoms with E-state index in [-0.39, 0.29) is 5.97 Å². The first-order valence-corrected chi connectivity index (χ1v) is 24.4. The normalized spacial score (nSPS) is 11.7. The van der Waals surface area contributed by atoms with Gasteiger partial charge < -0.3 is 9.84 Å². The lowest BCUT2D eigenvalue weighted by Crippen LogP contribution is -2.05. The van der Waals surface area contributed by atoms with Crippen molar-refractivity contribution in [2.24, 2.45) is 0 Å². The maximum absolute atomic E-state index is 12.0. The number of allylic oxidation sites excluding steroid dienone is 3. The number of aliphatic carboxylic acids is 1. The van der Waals surface area contributed by atoms with E-state index in [1.807, 2.05) is 0 Å². The van der Waals surface area contributed by atoms with Crippen molar-refractivity contribution in [3.05, 3.63) is 24.3 Å². The van der Waals surface area contributed by atoms with Crippen LogP contribution in [0.5, 0.6) is 0 Å². The molecular formula is C50H94O4. The first-order chi connectivity index (χ1) is 26.7. The molecule has 0 saturated carbocycles. The summed E-state index contributed by atoms with van der Waals surface area (Å²) in [5.41, 5.74) is 0. The Balaban J connectivity index is 3.15. The van der Waals surface area contributed by atoms with Crippen molar-refractivity contribution in [1.29, 1.82) is 0 Å². The molecule has 318 valence electrons. The van der Waals surface area contributed by atoms with Crippen molar-refractivity contribution in [3.8, 4) is 0 Å². The van der Waals surface area contributed by atoms with Crippen LogP contribution in [0.1, 0.15) is 277 Å². The molecule has 0 aromatic rings. The van der Waals surface area contributed by atoms with Gasteiger partial charge in [0.25, 0.3) is 0 Å². The topological polar surface area (TPSA) is 63.6 Å². The van der Waals surface area contributed by atoms with Gasteiger partial charge in [-0.25, -0.2) is 4.79 Å². The van der Waals surface area contributed by atoms with E-state index in [4.69, 9.17) is 9.84 Å². The third-order valence-corrected chi connectivity index (χ3v) is 11.2. The first kappa shape index (κ1) is 52.4. The van der Waals surface area contributed by atoms with Crippen LogP contribution >= 0.6 is 0 Å². The van der Waals surface area contributed by atoms with Crippen LogP contribution in [0, 0.1) is 0 Å². The van der Waals surface area contributed by atoms with Gasteiger partial charge in [-0.3, -0.25) is 4.79 Å². The van der Waals surface area contributed by atoms with Crippen LogP contribution in [0.25, 0.3) is 0 Å². The van der Waals surface area contributed by atoms with Crippen molar-refractivity contribution in [1.82, 2.24) is 0 Å². The lowest BCUT2D eigenvalue weighted by molar-refractivity contribution is -0.144. The summed E-state index contributed by atoms with van der Waals surface area (Å²) in [5.74, 6) is -0.820. The van der Waals surface area contributed by atoms with Gasteiger partial charge in [0.2, 0.25) is 0 Å². The maximum atomic E-state index is 12.0. The summed E-state index contributed by atoms with van der Waals surface area (Å²) in [6.45, 7) is 2.89. The molecule has 0 aliphatic carbocycles. The Morgan fingerprint density at radius 2 is 0.648 bits per heavy atom. The number of carbonyl (C=O) groups excluding carboxylic acids is 1. The van der Waals surface area contributed by atoms with Gasteiger partial charge in [0.1, 0.15) is 0 Å². The zero-order chi connectivity index (χ0) is 39.1. The van der Waals surface area contributed by atoms with Gasteiger partial charge in [-0.15, -0.1) is 0 Å². The number of rotatable bonds is 46. The third-order valence-electron chi connectivity index (χ3n) is 11.2. The molecule has 0 aliphatic rings. The fourth-order valence-corrected chi connectivity index (χ4v) is 7.57. The number of carboxylic acid groups (broad SMARTS) is 1. The first-order valence-electron chi connectivity index (χ1n) is 24.4. The third kappa shape index (κ3) is 48.4. The Morgan fingerprint density at radius 1 is 0.370 bits per heavy atom. The molecule has 0 amide bonds. The average molecular weight is 759 g/mol. The zero-order valence-corrected chi connectivity index (χ0v) is 36.4. The van der Waals surface area contributed by atoms with Crippen LogP contribution in [0.2, 0.25) is 0 Å². The molecule has 0 atom stereocenters. The molecule has 0 heterocycles. The Bertz CT molecular complexity index is 802. The van der Waals surface area contributed by atoms with E-state index in [1.54, 1.807) is 6.08 Å². The molecule has 0 rings (SSSR count). The van der Waals surface area contributed by atoms with Gasteiger partial charge in [-0.2, -0.15) is 0 Å². The standard InChI is InChI=1S/C50H94O4/c1-2-3-4-5-6-7-8-28-32-35-38-41-44-47-50(53)54-48-45-42-39-36-33-30-27-25-23-21-19-17-15-13-11-9-10-12-14-16-18-20-22-24-26-29-31-34-37-40-43-46-49(51)52/h7-8,43,46H,2-6,9-42,44-45,47-48H2,1H3,(H,51,52). The highest BCUT2D eigenvalue weighted by molar-refractivity contribution is 5.79. The predicted octanol–water partition coefficient (Wildman–Crippen LogP) is 17.1. The molecule has 0 saturated heterocycles. The largest absolute Gasteiger partial charge is 0.478 e. The minimum absolute atomic E-state index is 0.0125. The SMILES string of the molecule is CCCCCCC=CCCCCCCCC(=O)OCCCCCCCCCCCCCCCCCCCCCCCCCCCCCCCC=CC(=O)O. The number of hydrogen-bond acceptors (Lipinski definition) is 3. The second-order valence-electron chi connectivity index (χ2n) is 16.6. The molecule has 0 radical (unpaired) electrons. The summed E-state index contributed by atoms with van der Waals surface area (Å²) in [6.07, 6.45) is 62.8. The van der Waals surface area contributed by atoms with E-state index in [0.717, 1.165) is 32.1 Å². The van der Waals surface area contributed by atoms with Gasteiger partial charge in [0.15, 0.2) is 0 Å². The molecule has 4 nitrogen and oxygen atoms in total. The Hall–Kier alpha value is -1.58. The van der Waals surface area contributed by atoms with E-state index in [1.165, 1.54) is 237 Å². The monoisotopic (exact) mass is 759 g/mol. The highest BCUT2D eigenvalue weighted by Gasteiger charge is 2.03. The van der Waals surface area contributed by atoms with Crippen LogP contribution in [0.4, 0.5) is 0 Å². The molecule has 0 fully saturated rings. The Kier molecular flexibility index (Phi) is 46.2. The molecule has 0 aromatic carbocycles. The zero-order valence-electron chi connectivity index (χ0n) is 36.4. The van der Waals surface area contributed by atoms with Crippen LogP contribution in [-0.2, 0) is 14.3 Å². The number of ether oxygens (including phenoxy) is 1. The number of unbranched alkanes of at least 4 members (excludes halogenated alkanes) is 38. The summed E-state index contributed by atoms with van der Waals surface area (Å²) in [4.78, 5) is 22.4. The van der Waals surface area contributed by atoms with Gasteiger partial charge in [0, 0.05) is 12.5 Å². The Morgan fingerprint density at radius 3 is 0.981 bits per heavy atom. The van der Waals surface area contributed by atoms with E-state index in [9.17, 15) is 9.59 Å². The summed E-state index contributed by atoms with van der Waals surface area (Å²) >= 11 is 0. The van der Waals surface area contributed by atoms with E-state index < -0.39 is 5.97 Å². The highest BCUT2D eigenvalue weighted by atomic mass is 16.5. The summed E-state index contributed by atoms with van der Waals surface area (Å²) < 4.78 is 5.46. The maximum Gasteiger partial charge on any atom is 0.327 e. The van der Waals surface area contributed by atoms with Gasteiger partial charge in [0.05, 0.1) is 6.61 Å². The average Bonchev–Trinajstić information content (AvgIpc) is 3.16. The fraction of sp³-hybridized carbons (Fsp3) is 0.880. The van der Waals surface area contributed by atoms with Crippen molar-refractivity contribution in [2.75, 3.05) is 6.61 Å². The summed E-state index contributed by atoms with van der Waals surface area (Å²) in [5, 5.41) is 8.57. The van der Waals surface area contributed by atoms with Gasteiger partial charge >= 0.3 is 11.9 Å². The molecule has 0 bridgehead atoms. The van der Waals surface area contributed by atoms with Gasteiger partial charge in [-0.05, 0) is 51.4 Å². The van der Waals surface area contributed by atoms with Crippen molar-refractivity contribution >= 4 is 11.9 Å². The van der Waals surface area contributed by atoms with Gasteiger partial charge in [-0.1, -0.05) is 237 Å². The van der Waals surface area contributed by atoms with E-state index in [0.29, 0.717) is 13.0 Å². The predicted molar refractivity (Wildman–Crippen MR) is 236 cm³/mol. The second kappa shape index (κ2) is 47.6. The molecule has 0 aliphatic heterocycles. The summed E-state index contributed by atoms with van der Waals surface area (Å²) in [7, 11) is 0. The smallest absolute Gasteiger partial charge is 0.327 e. The summed E-state index contributed by atoms with van der Waals surface area (Å²) in [6, 6.07) is 0. The molecule has 0 spiro atoms. The minimum atomic E-state index is -0.833. The van der Waals surface area contributed by atoms with Crippen LogP contribution in [-0.4, -0.2) is 23.7 Å². The van der Waals surface area contributed by atoms with E-state index in [2.05, 4.69) is 19.1 Å². The van der Waals surface area contributed by atoms with E-state index >= 15 is 0 Å². The molecule has 1 N–H and O–H groups in total. The van der Waals surface area contributed by atoms with Crippen LogP contribution < -0.4 is 0 Å².